The van der Waals surface area contributed by atoms with Crippen LogP contribution in [0.15, 0.2) is 67.0 Å². The number of nitrogens with zero attached hydrogens (tertiary/aromatic N) is 1. The molecule has 2 heterocycles. The first kappa shape index (κ1) is 16.1. The van der Waals surface area contributed by atoms with Crippen molar-refractivity contribution in [2.24, 2.45) is 0 Å². The van der Waals surface area contributed by atoms with Gasteiger partial charge in [0.1, 0.15) is 6.10 Å². The van der Waals surface area contributed by atoms with Crippen molar-refractivity contribution in [1.29, 1.82) is 0 Å². The van der Waals surface area contributed by atoms with Crippen LogP contribution in [-0.2, 0) is 0 Å². The van der Waals surface area contributed by atoms with E-state index >= 15 is 0 Å². The largest absolute Gasteiger partial charge is 0.386 e. The number of nitrogens with one attached hydrogen (secondary N) is 1. The molecule has 2 unspecified atom stereocenters. The van der Waals surface area contributed by atoms with Gasteiger partial charge in [-0.15, -0.1) is 11.3 Å². The average molecular weight is 345 g/mol. The normalized spacial score (nSPS) is 13.7. The smallest absolute Gasteiger partial charge is 0.101 e. The van der Waals surface area contributed by atoms with Crippen LogP contribution >= 0.6 is 22.9 Å². The summed E-state index contributed by atoms with van der Waals surface area (Å²) in [5, 5.41) is 13.8. The first-order valence-corrected chi connectivity index (χ1v) is 8.55. The van der Waals surface area contributed by atoms with Gasteiger partial charge in [-0.2, -0.15) is 0 Å². The molecule has 118 valence electrons. The Kier molecular flexibility index (Phi) is 5.41. The first-order valence-electron chi connectivity index (χ1n) is 7.35. The highest BCUT2D eigenvalue weighted by Crippen LogP contribution is 2.28. The van der Waals surface area contributed by atoms with Crippen molar-refractivity contribution in [3.05, 3.63) is 87.3 Å². The molecule has 0 aliphatic heterocycles. The third-order valence-electron chi connectivity index (χ3n) is 3.61. The zero-order chi connectivity index (χ0) is 16.1. The molecular formula is C18H17ClN2OS. The van der Waals surface area contributed by atoms with Crippen molar-refractivity contribution in [2.45, 2.75) is 12.1 Å². The fourth-order valence-corrected chi connectivity index (χ4v) is 3.51. The van der Waals surface area contributed by atoms with E-state index < -0.39 is 6.10 Å². The molecule has 0 fully saturated rings. The van der Waals surface area contributed by atoms with Crippen molar-refractivity contribution >= 4 is 22.9 Å². The number of rotatable bonds is 6. The Morgan fingerprint density at radius 2 is 1.70 bits per heavy atom. The Labute approximate surface area is 144 Å². The third kappa shape index (κ3) is 4.18. The lowest BCUT2D eigenvalue weighted by Crippen LogP contribution is -2.27. The summed E-state index contributed by atoms with van der Waals surface area (Å²) in [7, 11) is 0. The van der Waals surface area contributed by atoms with E-state index in [0.29, 0.717) is 10.9 Å². The summed E-state index contributed by atoms with van der Waals surface area (Å²) in [6.45, 7) is 0.443. The van der Waals surface area contributed by atoms with Crippen molar-refractivity contribution in [2.75, 3.05) is 6.54 Å². The lowest BCUT2D eigenvalue weighted by molar-refractivity contribution is 0.175. The van der Waals surface area contributed by atoms with Crippen LogP contribution < -0.4 is 5.32 Å². The third-order valence-corrected chi connectivity index (χ3v) is 4.94. The number of hydrogen-bond acceptors (Lipinski definition) is 4. The molecule has 0 aliphatic carbocycles. The molecule has 0 saturated carbocycles. The van der Waals surface area contributed by atoms with Crippen LogP contribution in [-0.4, -0.2) is 16.6 Å². The molecule has 0 saturated heterocycles. The first-order chi connectivity index (χ1) is 11.2. The van der Waals surface area contributed by atoms with Crippen LogP contribution in [0.4, 0.5) is 0 Å². The number of hydrogen-bond donors (Lipinski definition) is 2. The van der Waals surface area contributed by atoms with Gasteiger partial charge in [-0.05, 0) is 35.4 Å². The number of aliphatic hydroxyl groups is 1. The van der Waals surface area contributed by atoms with Crippen molar-refractivity contribution in [3.8, 4) is 0 Å². The molecule has 0 radical (unpaired) electrons. The maximum atomic E-state index is 10.4. The molecule has 3 aromatic rings. The van der Waals surface area contributed by atoms with E-state index in [0.717, 1.165) is 16.0 Å². The van der Waals surface area contributed by atoms with Gasteiger partial charge in [-0.1, -0.05) is 41.9 Å². The maximum absolute atomic E-state index is 10.4. The van der Waals surface area contributed by atoms with Gasteiger partial charge >= 0.3 is 0 Å². The fraction of sp³-hybridized carbons (Fsp3) is 0.167. The monoisotopic (exact) mass is 344 g/mol. The summed E-state index contributed by atoms with van der Waals surface area (Å²) in [5.41, 5.74) is 2.26. The zero-order valence-corrected chi connectivity index (χ0v) is 14.0. The van der Waals surface area contributed by atoms with Crippen LogP contribution in [0, 0.1) is 0 Å². The van der Waals surface area contributed by atoms with Crippen LogP contribution in [0.5, 0.6) is 0 Å². The Balaban J connectivity index is 1.77. The molecular weight excluding hydrogens is 328 g/mol. The van der Waals surface area contributed by atoms with Crippen LogP contribution in [0.3, 0.4) is 0 Å². The van der Waals surface area contributed by atoms with Gasteiger partial charge in [0, 0.05) is 23.8 Å². The van der Waals surface area contributed by atoms with E-state index in [-0.39, 0.29) is 6.04 Å². The molecule has 5 heteroatoms. The van der Waals surface area contributed by atoms with E-state index in [1.165, 1.54) is 11.3 Å². The number of pyridine rings is 1. The second-order valence-electron chi connectivity index (χ2n) is 5.19. The summed E-state index contributed by atoms with van der Waals surface area (Å²) >= 11 is 7.34. The van der Waals surface area contributed by atoms with Crippen LogP contribution in [0.1, 0.15) is 28.1 Å². The van der Waals surface area contributed by atoms with Crippen LogP contribution in [0.2, 0.25) is 4.34 Å². The van der Waals surface area contributed by atoms with E-state index in [9.17, 15) is 5.11 Å². The molecule has 2 atom stereocenters. The second-order valence-corrected chi connectivity index (χ2v) is 6.94. The summed E-state index contributed by atoms with van der Waals surface area (Å²) < 4.78 is 0.688. The predicted molar refractivity (Wildman–Crippen MR) is 94.8 cm³/mol. The Morgan fingerprint density at radius 1 is 1.00 bits per heavy atom. The molecule has 0 bridgehead atoms. The number of halogens is 1. The maximum Gasteiger partial charge on any atom is 0.101 e. The minimum atomic E-state index is -0.583. The van der Waals surface area contributed by atoms with Gasteiger partial charge in [0.2, 0.25) is 0 Å². The lowest BCUT2D eigenvalue weighted by atomic mass is 9.99. The molecule has 0 amide bonds. The highest BCUT2D eigenvalue weighted by atomic mass is 35.5. The zero-order valence-electron chi connectivity index (χ0n) is 12.4. The quantitative estimate of drug-likeness (QED) is 0.704. The molecule has 2 N–H and O–H groups in total. The van der Waals surface area contributed by atoms with Crippen LogP contribution in [0.25, 0.3) is 0 Å². The number of benzene rings is 1. The van der Waals surface area contributed by atoms with E-state index in [1.807, 2.05) is 42.5 Å². The highest BCUT2D eigenvalue weighted by Gasteiger charge is 2.16. The molecule has 23 heavy (non-hydrogen) atoms. The SMILES string of the molecule is OC(CNC(c1ccccc1)c1ccncc1)c1ccc(Cl)s1. The number of aliphatic hydroxyl groups excluding tert-OH is 1. The Bertz CT molecular complexity index is 694. The van der Waals surface area contributed by atoms with E-state index in [1.54, 1.807) is 12.4 Å². The molecule has 0 aliphatic rings. The Hall–Kier alpha value is -1.72. The Morgan fingerprint density at radius 3 is 2.35 bits per heavy atom. The predicted octanol–water partition coefficient (Wildman–Crippen LogP) is 4.21. The van der Waals surface area contributed by atoms with E-state index in [2.05, 4.69) is 22.4 Å². The second kappa shape index (κ2) is 7.70. The molecule has 3 rings (SSSR count). The van der Waals surface area contributed by atoms with Gasteiger partial charge in [-0.3, -0.25) is 4.98 Å². The molecule has 2 aromatic heterocycles. The standard InChI is InChI=1S/C18H17ClN2OS/c19-17-7-6-16(23-17)15(22)12-21-18(13-4-2-1-3-5-13)14-8-10-20-11-9-14/h1-11,15,18,21-22H,12H2. The fourth-order valence-electron chi connectivity index (χ4n) is 2.47. The molecule has 0 spiro atoms. The van der Waals surface area contributed by atoms with Gasteiger partial charge in [0.05, 0.1) is 10.4 Å². The number of thiophene rings is 1. The topological polar surface area (TPSA) is 45.1 Å². The van der Waals surface area contributed by atoms with Gasteiger partial charge in [-0.25, -0.2) is 0 Å². The summed E-state index contributed by atoms with van der Waals surface area (Å²) in [5.74, 6) is 0. The highest BCUT2D eigenvalue weighted by molar-refractivity contribution is 7.16. The summed E-state index contributed by atoms with van der Waals surface area (Å²) in [6, 6.07) is 17.8. The minimum absolute atomic E-state index is 0.00397. The van der Waals surface area contributed by atoms with E-state index in [4.69, 9.17) is 11.6 Å². The number of aromatic nitrogens is 1. The summed E-state index contributed by atoms with van der Waals surface area (Å²) in [4.78, 5) is 4.94. The minimum Gasteiger partial charge on any atom is -0.386 e. The van der Waals surface area contributed by atoms with Crippen molar-refractivity contribution in [3.63, 3.8) is 0 Å². The molecule has 1 aromatic carbocycles. The van der Waals surface area contributed by atoms with Gasteiger partial charge in [0.25, 0.3) is 0 Å². The van der Waals surface area contributed by atoms with Gasteiger partial charge < -0.3 is 10.4 Å². The van der Waals surface area contributed by atoms with Crippen molar-refractivity contribution in [1.82, 2.24) is 10.3 Å². The van der Waals surface area contributed by atoms with Gasteiger partial charge in [0.15, 0.2) is 0 Å². The summed E-state index contributed by atoms with van der Waals surface area (Å²) in [6.07, 6.45) is 2.98. The lowest BCUT2D eigenvalue weighted by Gasteiger charge is -2.21. The molecule has 3 nitrogen and oxygen atoms in total. The van der Waals surface area contributed by atoms with Crippen molar-refractivity contribution < 1.29 is 5.11 Å². The average Bonchev–Trinajstić information content (AvgIpc) is 3.03.